The Bertz CT molecular complexity index is 573. The molecule has 1 rings (SSSR count). The van der Waals surface area contributed by atoms with Crippen molar-refractivity contribution in [3.8, 4) is 11.8 Å². The molecule has 4 nitrogen and oxygen atoms in total. The van der Waals surface area contributed by atoms with Crippen LogP contribution in [0.2, 0.25) is 5.02 Å². The van der Waals surface area contributed by atoms with Gasteiger partial charge < -0.3 is 5.73 Å². The molecule has 0 atom stereocenters. The van der Waals surface area contributed by atoms with Crippen LogP contribution in [0.15, 0.2) is 18.2 Å². The van der Waals surface area contributed by atoms with Crippen molar-refractivity contribution in [2.75, 3.05) is 17.0 Å². The number of rotatable bonds is 4. The van der Waals surface area contributed by atoms with E-state index in [-0.39, 0.29) is 12.3 Å². The second-order valence-electron chi connectivity index (χ2n) is 3.62. The Labute approximate surface area is 113 Å². The molecule has 0 saturated carbocycles. The molecule has 0 spiro atoms. The van der Waals surface area contributed by atoms with Gasteiger partial charge in [0, 0.05) is 5.56 Å². The third-order valence-corrected chi connectivity index (χ3v) is 3.85. The quantitative estimate of drug-likeness (QED) is 0.829. The Balaban J connectivity index is 3.01. The van der Waals surface area contributed by atoms with Crippen LogP contribution in [0.25, 0.3) is 0 Å². The van der Waals surface area contributed by atoms with E-state index in [1.165, 1.54) is 0 Å². The van der Waals surface area contributed by atoms with Gasteiger partial charge >= 0.3 is 0 Å². The zero-order valence-corrected chi connectivity index (χ0v) is 11.6. The van der Waals surface area contributed by atoms with E-state index < -0.39 is 10.0 Å². The van der Waals surface area contributed by atoms with E-state index in [4.69, 9.17) is 17.3 Å². The third kappa shape index (κ3) is 4.57. The minimum Gasteiger partial charge on any atom is -0.320 e. The second kappa shape index (κ2) is 6.64. The maximum atomic E-state index is 11.7. The van der Waals surface area contributed by atoms with Gasteiger partial charge in [-0.05, 0) is 24.6 Å². The largest absolute Gasteiger partial charge is 0.320 e. The molecule has 0 aromatic heterocycles. The summed E-state index contributed by atoms with van der Waals surface area (Å²) in [7, 11) is -3.35. The van der Waals surface area contributed by atoms with E-state index in [1.54, 1.807) is 25.1 Å². The number of sulfonamides is 1. The van der Waals surface area contributed by atoms with Gasteiger partial charge in [0.25, 0.3) is 0 Å². The minimum absolute atomic E-state index is 0.0576. The molecule has 98 valence electrons. The molecule has 3 N–H and O–H groups in total. The number of hydrogen-bond donors (Lipinski definition) is 2. The Morgan fingerprint density at radius 2 is 2.17 bits per heavy atom. The predicted octanol–water partition coefficient (Wildman–Crippen LogP) is 1.80. The van der Waals surface area contributed by atoms with Crippen LogP contribution in [0.4, 0.5) is 5.69 Å². The first-order chi connectivity index (χ1) is 8.48. The van der Waals surface area contributed by atoms with Crippen molar-refractivity contribution in [1.29, 1.82) is 0 Å². The highest BCUT2D eigenvalue weighted by molar-refractivity contribution is 7.92. The van der Waals surface area contributed by atoms with Crippen molar-refractivity contribution in [3.05, 3.63) is 28.8 Å². The van der Waals surface area contributed by atoms with Crippen LogP contribution in [0.1, 0.15) is 18.9 Å². The maximum absolute atomic E-state index is 11.7. The number of nitrogens with two attached hydrogens (primary N) is 1. The predicted molar refractivity (Wildman–Crippen MR) is 75.1 cm³/mol. The topological polar surface area (TPSA) is 72.2 Å². The Morgan fingerprint density at radius 1 is 1.44 bits per heavy atom. The van der Waals surface area contributed by atoms with Gasteiger partial charge in [0.1, 0.15) is 0 Å². The first-order valence-electron chi connectivity index (χ1n) is 5.47. The van der Waals surface area contributed by atoms with Gasteiger partial charge in [-0.3, -0.25) is 4.72 Å². The van der Waals surface area contributed by atoms with Gasteiger partial charge in [-0.15, -0.1) is 0 Å². The number of anilines is 1. The molecule has 0 aliphatic rings. The fourth-order valence-corrected chi connectivity index (χ4v) is 2.69. The Kier molecular flexibility index (Phi) is 5.48. The molecular weight excluding hydrogens is 272 g/mol. The summed E-state index contributed by atoms with van der Waals surface area (Å²) in [5.41, 5.74) is 6.28. The third-order valence-electron chi connectivity index (χ3n) is 2.04. The lowest BCUT2D eigenvalue weighted by Crippen LogP contribution is -2.16. The Morgan fingerprint density at radius 3 is 2.78 bits per heavy atom. The summed E-state index contributed by atoms with van der Waals surface area (Å²) >= 11 is 5.94. The molecule has 0 saturated heterocycles. The van der Waals surface area contributed by atoms with Gasteiger partial charge in [0.15, 0.2) is 0 Å². The molecule has 6 heteroatoms. The van der Waals surface area contributed by atoms with Gasteiger partial charge in [0.2, 0.25) is 10.0 Å². The smallest absolute Gasteiger partial charge is 0.232 e. The van der Waals surface area contributed by atoms with E-state index in [9.17, 15) is 8.42 Å². The highest BCUT2D eigenvalue weighted by atomic mass is 35.5. The van der Waals surface area contributed by atoms with Crippen LogP contribution in [0.5, 0.6) is 0 Å². The fraction of sp³-hybridized carbons (Fsp3) is 0.333. The van der Waals surface area contributed by atoms with Crippen molar-refractivity contribution in [3.63, 3.8) is 0 Å². The lowest BCUT2D eigenvalue weighted by atomic mass is 10.2. The highest BCUT2D eigenvalue weighted by Crippen LogP contribution is 2.24. The molecule has 18 heavy (non-hydrogen) atoms. The summed E-state index contributed by atoms with van der Waals surface area (Å²) < 4.78 is 25.7. The van der Waals surface area contributed by atoms with E-state index in [1.807, 2.05) is 0 Å². The molecule has 0 aliphatic carbocycles. The summed E-state index contributed by atoms with van der Waals surface area (Å²) in [5, 5.41) is 0.341. The van der Waals surface area contributed by atoms with E-state index >= 15 is 0 Å². The van der Waals surface area contributed by atoms with Crippen LogP contribution in [-0.4, -0.2) is 20.7 Å². The van der Waals surface area contributed by atoms with Crippen molar-refractivity contribution >= 4 is 27.3 Å². The van der Waals surface area contributed by atoms with Crippen LogP contribution in [0.3, 0.4) is 0 Å². The molecule has 0 unspecified atom stereocenters. The van der Waals surface area contributed by atoms with Crippen LogP contribution < -0.4 is 10.5 Å². The number of hydrogen-bond acceptors (Lipinski definition) is 3. The van der Waals surface area contributed by atoms with Gasteiger partial charge in [-0.1, -0.05) is 30.4 Å². The summed E-state index contributed by atoms with van der Waals surface area (Å²) in [6.45, 7) is 2.05. The van der Waals surface area contributed by atoms with Gasteiger partial charge in [0.05, 0.1) is 23.0 Å². The first-order valence-corrected chi connectivity index (χ1v) is 7.50. The van der Waals surface area contributed by atoms with Crippen molar-refractivity contribution in [2.24, 2.45) is 5.73 Å². The average Bonchev–Trinajstić information content (AvgIpc) is 2.29. The summed E-state index contributed by atoms with van der Waals surface area (Å²) in [6.07, 6.45) is 0.541. The van der Waals surface area contributed by atoms with E-state index in [0.717, 1.165) is 0 Å². The number of nitrogens with one attached hydrogen (secondary N) is 1. The molecule has 0 radical (unpaired) electrons. The first kappa shape index (κ1) is 14.8. The minimum atomic E-state index is -3.35. The molecule has 0 aliphatic heterocycles. The fourth-order valence-electron chi connectivity index (χ4n) is 1.32. The average molecular weight is 287 g/mol. The van der Waals surface area contributed by atoms with Crippen LogP contribution in [0, 0.1) is 11.8 Å². The zero-order chi connectivity index (χ0) is 13.6. The van der Waals surface area contributed by atoms with Crippen LogP contribution >= 0.6 is 11.6 Å². The Hall–Kier alpha value is -1.22. The maximum Gasteiger partial charge on any atom is 0.232 e. The molecule has 1 aromatic carbocycles. The SMILES string of the molecule is CCCS(=O)(=O)Nc1cc(C#CCN)ccc1Cl. The van der Waals surface area contributed by atoms with Crippen molar-refractivity contribution in [1.82, 2.24) is 0 Å². The van der Waals surface area contributed by atoms with Gasteiger partial charge in [-0.25, -0.2) is 8.42 Å². The molecule has 1 aromatic rings. The van der Waals surface area contributed by atoms with E-state index in [0.29, 0.717) is 22.7 Å². The number of benzene rings is 1. The molecule has 0 heterocycles. The molecular formula is C12H15ClN2O2S. The number of halogens is 1. The molecule has 0 fully saturated rings. The normalized spacial score (nSPS) is 10.6. The van der Waals surface area contributed by atoms with Crippen molar-refractivity contribution in [2.45, 2.75) is 13.3 Å². The van der Waals surface area contributed by atoms with Crippen LogP contribution in [-0.2, 0) is 10.0 Å². The lowest BCUT2D eigenvalue weighted by Gasteiger charge is -2.09. The van der Waals surface area contributed by atoms with Gasteiger partial charge in [-0.2, -0.15) is 0 Å². The summed E-state index contributed by atoms with van der Waals surface area (Å²) in [5.74, 6) is 5.58. The monoisotopic (exact) mass is 286 g/mol. The second-order valence-corrected chi connectivity index (χ2v) is 5.87. The summed E-state index contributed by atoms with van der Waals surface area (Å²) in [6, 6.07) is 4.91. The molecule has 0 bridgehead atoms. The summed E-state index contributed by atoms with van der Waals surface area (Å²) in [4.78, 5) is 0. The molecule has 0 amide bonds. The van der Waals surface area contributed by atoms with E-state index in [2.05, 4.69) is 16.6 Å². The standard InChI is InChI=1S/C12H15ClN2O2S/c1-2-8-18(16,17)15-12-9-10(4-3-7-14)5-6-11(12)13/h5-6,9,15H,2,7-8,14H2,1H3. The van der Waals surface area contributed by atoms with Crippen molar-refractivity contribution < 1.29 is 8.42 Å². The highest BCUT2D eigenvalue weighted by Gasteiger charge is 2.11. The lowest BCUT2D eigenvalue weighted by molar-refractivity contribution is 0.600. The zero-order valence-electron chi connectivity index (χ0n) is 10.0.